The predicted molar refractivity (Wildman–Crippen MR) is 118 cm³/mol. The van der Waals surface area contributed by atoms with Gasteiger partial charge < -0.3 is 24.6 Å². The molecule has 8 heteroatoms. The van der Waals surface area contributed by atoms with Gasteiger partial charge in [0.2, 0.25) is 5.75 Å². The number of benzene rings is 2. The van der Waals surface area contributed by atoms with Crippen molar-refractivity contribution in [2.75, 3.05) is 26.6 Å². The number of aryl methyl sites for hydroxylation is 1. The van der Waals surface area contributed by atoms with Crippen LogP contribution in [0, 0.1) is 6.92 Å². The SMILES string of the molecule is COc1cc(CNc2nccn3c(-c4ccc(O)cc4)c(C)nc23)cc(OC)c1OC. The predicted octanol–water partition coefficient (Wildman–Crippen LogP) is 4.05. The Bertz CT molecular complexity index is 1190. The smallest absolute Gasteiger partial charge is 0.203 e. The van der Waals surface area contributed by atoms with Crippen LogP contribution < -0.4 is 19.5 Å². The molecule has 2 N–H and O–H groups in total. The fourth-order valence-corrected chi connectivity index (χ4v) is 3.61. The molecule has 2 aromatic carbocycles. The molecule has 31 heavy (non-hydrogen) atoms. The molecule has 0 aliphatic carbocycles. The first kappa shape index (κ1) is 20.3. The highest BCUT2D eigenvalue weighted by atomic mass is 16.5. The fourth-order valence-electron chi connectivity index (χ4n) is 3.61. The van der Waals surface area contributed by atoms with Gasteiger partial charge in [0.05, 0.1) is 32.7 Å². The molecular weight excluding hydrogens is 396 g/mol. The highest BCUT2D eigenvalue weighted by Gasteiger charge is 2.16. The van der Waals surface area contributed by atoms with E-state index in [9.17, 15) is 5.11 Å². The number of anilines is 1. The second-order valence-corrected chi connectivity index (χ2v) is 6.95. The number of phenolic OH excluding ortho intramolecular Hbond substituents is 1. The van der Waals surface area contributed by atoms with Crippen LogP contribution in [0.3, 0.4) is 0 Å². The number of imidazole rings is 1. The Balaban J connectivity index is 1.67. The van der Waals surface area contributed by atoms with E-state index in [1.54, 1.807) is 39.7 Å². The third-order valence-corrected chi connectivity index (χ3v) is 5.04. The highest BCUT2D eigenvalue weighted by molar-refractivity contribution is 5.73. The Kier molecular flexibility index (Phi) is 5.53. The standard InChI is InChI=1S/C23H24N4O4/c1-14-20(16-5-7-17(28)8-6-16)27-10-9-24-22(23(27)26-14)25-13-15-11-18(29-2)21(31-4)19(12-15)30-3/h5-12,28H,13H2,1-4H3,(H,24,25). The average molecular weight is 420 g/mol. The minimum Gasteiger partial charge on any atom is -0.508 e. The van der Waals surface area contributed by atoms with E-state index in [1.807, 2.05) is 41.8 Å². The Morgan fingerprint density at radius 2 is 1.68 bits per heavy atom. The maximum Gasteiger partial charge on any atom is 0.203 e. The van der Waals surface area contributed by atoms with E-state index in [0.29, 0.717) is 29.6 Å². The molecule has 2 aromatic heterocycles. The Morgan fingerprint density at radius 1 is 1.00 bits per heavy atom. The fraction of sp³-hybridized carbons (Fsp3) is 0.217. The molecule has 0 saturated carbocycles. The molecule has 8 nitrogen and oxygen atoms in total. The van der Waals surface area contributed by atoms with Gasteiger partial charge in [0.15, 0.2) is 23.0 Å². The van der Waals surface area contributed by atoms with Gasteiger partial charge in [-0.3, -0.25) is 4.40 Å². The number of phenols is 1. The lowest BCUT2D eigenvalue weighted by molar-refractivity contribution is 0.324. The molecule has 0 unspecified atom stereocenters. The number of methoxy groups -OCH3 is 3. The largest absolute Gasteiger partial charge is 0.508 e. The lowest BCUT2D eigenvalue weighted by Crippen LogP contribution is -2.05. The molecule has 0 radical (unpaired) electrons. The minimum atomic E-state index is 0.226. The van der Waals surface area contributed by atoms with Crippen LogP contribution in [-0.4, -0.2) is 40.8 Å². The molecule has 4 aromatic rings. The van der Waals surface area contributed by atoms with Crippen LogP contribution in [0.4, 0.5) is 5.82 Å². The van der Waals surface area contributed by atoms with Gasteiger partial charge in [0.25, 0.3) is 0 Å². The summed E-state index contributed by atoms with van der Waals surface area (Å²) in [6.45, 7) is 2.45. The first-order valence-electron chi connectivity index (χ1n) is 9.71. The van der Waals surface area contributed by atoms with E-state index in [1.165, 1.54) is 0 Å². The third kappa shape index (κ3) is 3.79. The molecule has 0 bridgehead atoms. The average Bonchev–Trinajstić information content (AvgIpc) is 3.13. The van der Waals surface area contributed by atoms with Crippen molar-refractivity contribution < 1.29 is 19.3 Å². The minimum absolute atomic E-state index is 0.226. The van der Waals surface area contributed by atoms with Crippen molar-refractivity contribution in [3.63, 3.8) is 0 Å². The molecular formula is C23H24N4O4. The molecule has 0 amide bonds. The number of hydrogen-bond acceptors (Lipinski definition) is 7. The number of ether oxygens (including phenoxy) is 3. The highest BCUT2D eigenvalue weighted by Crippen LogP contribution is 2.38. The molecule has 160 valence electrons. The summed E-state index contributed by atoms with van der Waals surface area (Å²) >= 11 is 0. The number of hydrogen-bond donors (Lipinski definition) is 2. The van der Waals surface area contributed by atoms with Gasteiger partial charge in [-0.2, -0.15) is 0 Å². The van der Waals surface area contributed by atoms with Crippen LogP contribution >= 0.6 is 0 Å². The first-order chi connectivity index (χ1) is 15.0. The second kappa shape index (κ2) is 8.43. The van der Waals surface area contributed by atoms with Crippen LogP contribution in [0.1, 0.15) is 11.3 Å². The number of aromatic hydroxyl groups is 1. The molecule has 0 saturated heterocycles. The van der Waals surface area contributed by atoms with Gasteiger partial charge in [-0.25, -0.2) is 9.97 Å². The lowest BCUT2D eigenvalue weighted by Gasteiger charge is -2.14. The summed E-state index contributed by atoms with van der Waals surface area (Å²) in [4.78, 5) is 9.21. The van der Waals surface area contributed by atoms with Crippen molar-refractivity contribution in [2.45, 2.75) is 13.5 Å². The quantitative estimate of drug-likeness (QED) is 0.466. The number of fused-ring (bicyclic) bond motifs is 1. The van der Waals surface area contributed by atoms with Gasteiger partial charge in [-0.15, -0.1) is 0 Å². The van der Waals surface area contributed by atoms with Crippen LogP contribution in [-0.2, 0) is 6.54 Å². The van der Waals surface area contributed by atoms with E-state index < -0.39 is 0 Å². The Morgan fingerprint density at radius 3 is 2.29 bits per heavy atom. The Labute approximate surface area is 180 Å². The van der Waals surface area contributed by atoms with E-state index in [4.69, 9.17) is 19.2 Å². The molecule has 0 atom stereocenters. The molecule has 0 aliphatic heterocycles. The molecule has 4 rings (SSSR count). The zero-order valence-corrected chi connectivity index (χ0v) is 17.8. The summed E-state index contributed by atoms with van der Waals surface area (Å²) in [5.74, 6) is 2.62. The number of nitrogens with zero attached hydrogens (tertiary/aromatic N) is 3. The second-order valence-electron chi connectivity index (χ2n) is 6.95. The van der Waals surface area contributed by atoms with Crippen LogP contribution in [0.25, 0.3) is 16.9 Å². The summed E-state index contributed by atoms with van der Waals surface area (Å²) < 4.78 is 18.3. The molecule has 2 heterocycles. The van der Waals surface area contributed by atoms with Gasteiger partial charge in [0.1, 0.15) is 5.75 Å². The molecule has 0 fully saturated rings. The number of nitrogens with one attached hydrogen (secondary N) is 1. The van der Waals surface area contributed by atoms with Crippen LogP contribution in [0.2, 0.25) is 0 Å². The van der Waals surface area contributed by atoms with Gasteiger partial charge in [-0.1, -0.05) is 0 Å². The first-order valence-corrected chi connectivity index (χ1v) is 9.71. The number of rotatable bonds is 7. The Hall–Kier alpha value is -3.94. The van der Waals surface area contributed by atoms with E-state index in [2.05, 4.69) is 10.3 Å². The van der Waals surface area contributed by atoms with Crippen molar-refractivity contribution >= 4 is 11.5 Å². The monoisotopic (exact) mass is 420 g/mol. The summed E-state index contributed by atoms with van der Waals surface area (Å²) in [6.07, 6.45) is 3.61. The lowest BCUT2D eigenvalue weighted by atomic mass is 10.1. The van der Waals surface area contributed by atoms with Crippen molar-refractivity contribution in [1.29, 1.82) is 0 Å². The summed E-state index contributed by atoms with van der Waals surface area (Å²) in [5.41, 5.74) is 4.45. The van der Waals surface area contributed by atoms with Crippen LogP contribution in [0.15, 0.2) is 48.8 Å². The topological polar surface area (TPSA) is 90.1 Å². The normalized spacial score (nSPS) is 10.8. The van der Waals surface area contributed by atoms with Crippen molar-refractivity contribution in [1.82, 2.24) is 14.4 Å². The zero-order valence-electron chi connectivity index (χ0n) is 17.8. The van der Waals surface area contributed by atoms with E-state index in [0.717, 1.165) is 28.2 Å². The maximum absolute atomic E-state index is 9.60. The molecule has 0 aliphatic rings. The van der Waals surface area contributed by atoms with Gasteiger partial charge in [0, 0.05) is 24.5 Å². The van der Waals surface area contributed by atoms with Crippen LogP contribution in [0.5, 0.6) is 23.0 Å². The zero-order chi connectivity index (χ0) is 22.0. The van der Waals surface area contributed by atoms with Gasteiger partial charge >= 0.3 is 0 Å². The number of aromatic nitrogens is 3. The summed E-state index contributed by atoms with van der Waals surface area (Å²) in [7, 11) is 4.76. The molecule has 0 spiro atoms. The summed E-state index contributed by atoms with van der Waals surface area (Å²) in [6, 6.07) is 10.9. The van der Waals surface area contributed by atoms with E-state index >= 15 is 0 Å². The maximum atomic E-state index is 9.60. The van der Waals surface area contributed by atoms with Crippen molar-refractivity contribution in [2.24, 2.45) is 0 Å². The summed E-state index contributed by atoms with van der Waals surface area (Å²) in [5, 5.41) is 13.0. The third-order valence-electron chi connectivity index (χ3n) is 5.04. The van der Waals surface area contributed by atoms with E-state index in [-0.39, 0.29) is 5.75 Å². The van der Waals surface area contributed by atoms with Gasteiger partial charge in [-0.05, 0) is 48.9 Å². The van der Waals surface area contributed by atoms with Crippen molar-refractivity contribution in [3.05, 3.63) is 60.0 Å². The van der Waals surface area contributed by atoms with Crippen molar-refractivity contribution in [3.8, 4) is 34.3 Å².